The summed E-state index contributed by atoms with van der Waals surface area (Å²) >= 11 is 0. The van der Waals surface area contributed by atoms with E-state index in [0.29, 0.717) is 0 Å². The monoisotopic (exact) mass is 472 g/mol. The molecule has 0 saturated carbocycles. The van der Waals surface area contributed by atoms with Crippen molar-refractivity contribution in [3.05, 3.63) is 47.0 Å². The van der Waals surface area contributed by atoms with Gasteiger partial charge in [0.2, 0.25) is 10.0 Å². The average molecular weight is 472 g/mol. The van der Waals surface area contributed by atoms with Crippen LogP contribution in [0.5, 0.6) is 0 Å². The first kappa shape index (κ1) is 25.4. The number of nitro benzene ring substituents is 1. The van der Waals surface area contributed by atoms with Crippen LogP contribution in [0.1, 0.15) is 6.92 Å². The third-order valence-electron chi connectivity index (χ3n) is 4.58. The number of carbonyl (C=O) groups is 2. The Balaban J connectivity index is 2.35. The summed E-state index contributed by atoms with van der Waals surface area (Å²) in [4.78, 5) is 34.1. The molecule has 1 saturated heterocycles. The molecule has 1 aromatic carbocycles. The number of benzene rings is 1. The molecule has 0 aromatic heterocycles. The highest BCUT2D eigenvalue weighted by Crippen LogP contribution is 2.31. The minimum atomic E-state index is -4.40. The number of nitro groups is 1. The summed E-state index contributed by atoms with van der Waals surface area (Å²) in [6.07, 6.45) is -1.23. The molecule has 0 bridgehead atoms. The van der Waals surface area contributed by atoms with Crippen LogP contribution in [0, 0.1) is 10.1 Å². The summed E-state index contributed by atoms with van der Waals surface area (Å²) in [5, 5.41) is 11.3. The molecule has 13 heteroatoms. The van der Waals surface area contributed by atoms with Gasteiger partial charge in [-0.1, -0.05) is 24.8 Å². The molecule has 176 valence electrons. The van der Waals surface area contributed by atoms with Crippen LogP contribution >= 0.6 is 0 Å². The molecular weight excluding hydrogens is 448 g/mol. The summed E-state index contributed by atoms with van der Waals surface area (Å²) in [6, 6.07) is 3.77. The van der Waals surface area contributed by atoms with E-state index in [2.05, 4.69) is 6.58 Å². The van der Waals surface area contributed by atoms with Crippen molar-refractivity contribution in [1.82, 2.24) is 4.31 Å². The van der Waals surface area contributed by atoms with Crippen molar-refractivity contribution in [2.75, 3.05) is 33.5 Å². The molecule has 1 aliphatic heterocycles. The van der Waals surface area contributed by atoms with E-state index in [1.54, 1.807) is 6.92 Å². The van der Waals surface area contributed by atoms with Crippen molar-refractivity contribution in [3.8, 4) is 0 Å². The fraction of sp³-hybridized carbons (Fsp3) is 0.474. The molecule has 0 radical (unpaired) electrons. The maximum absolute atomic E-state index is 13.2. The van der Waals surface area contributed by atoms with Gasteiger partial charge in [0.25, 0.3) is 5.69 Å². The fourth-order valence-corrected chi connectivity index (χ4v) is 4.56. The maximum atomic E-state index is 13.2. The van der Waals surface area contributed by atoms with Crippen LogP contribution in [0.2, 0.25) is 0 Å². The van der Waals surface area contributed by atoms with E-state index in [1.807, 2.05) is 0 Å². The zero-order chi connectivity index (χ0) is 23.9. The molecule has 0 aliphatic carbocycles. The molecule has 2 rings (SSSR count). The fourth-order valence-electron chi connectivity index (χ4n) is 3.06. The Bertz CT molecular complexity index is 965. The Morgan fingerprint density at radius 3 is 2.66 bits per heavy atom. The van der Waals surface area contributed by atoms with E-state index in [9.17, 15) is 28.1 Å². The quantitative estimate of drug-likeness (QED) is 0.194. The predicted octanol–water partition coefficient (Wildman–Crippen LogP) is 0.660. The summed E-state index contributed by atoms with van der Waals surface area (Å²) in [6.45, 7) is 4.18. The topological polar surface area (TPSA) is 152 Å². The zero-order valence-electron chi connectivity index (χ0n) is 17.5. The SMILES string of the molecule is C=CCOC(=O)[C@@H]1OC[C@H](N(C)S(=O)(=O)c2ccccc2[N+](=O)[O-])[C@H]1OCC(=O)OCC. The number of hydrogen-bond donors (Lipinski definition) is 0. The van der Waals surface area contributed by atoms with Crippen LogP contribution in [-0.4, -0.2) is 81.3 Å². The number of nitrogens with zero attached hydrogens (tertiary/aromatic N) is 2. The highest BCUT2D eigenvalue weighted by atomic mass is 32.2. The minimum Gasteiger partial charge on any atom is -0.464 e. The molecule has 0 amide bonds. The number of rotatable bonds is 11. The van der Waals surface area contributed by atoms with Crippen LogP contribution in [0.4, 0.5) is 5.69 Å². The largest absolute Gasteiger partial charge is 0.464 e. The van der Waals surface area contributed by atoms with Gasteiger partial charge in [0.15, 0.2) is 11.0 Å². The molecule has 1 heterocycles. The molecule has 1 aliphatic rings. The number of ether oxygens (including phenoxy) is 4. The number of likely N-dealkylation sites (N-methyl/N-ethyl adjacent to an activating group) is 1. The normalized spacial score (nSPS) is 20.7. The van der Waals surface area contributed by atoms with E-state index in [4.69, 9.17) is 18.9 Å². The van der Waals surface area contributed by atoms with Crippen molar-refractivity contribution >= 4 is 27.6 Å². The van der Waals surface area contributed by atoms with Gasteiger partial charge in [0.1, 0.15) is 19.3 Å². The van der Waals surface area contributed by atoms with Gasteiger partial charge < -0.3 is 18.9 Å². The van der Waals surface area contributed by atoms with Crippen molar-refractivity contribution in [1.29, 1.82) is 0 Å². The van der Waals surface area contributed by atoms with Gasteiger partial charge in [-0.05, 0) is 13.0 Å². The second-order valence-corrected chi connectivity index (χ2v) is 8.53. The van der Waals surface area contributed by atoms with Gasteiger partial charge in [-0.15, -0.1) is 0 Å². The summed E-state index contributed by atoms with van der Waals surface area (Å²) in [7, 11) is -3.22. The highest BCUT2D eigenvalue weighted by molar-refractivity contribution is 7.89. The Labute approximate surface area is 184 Å². The Hall–Kier alpha value is -2.87. The van der Waals surface area contributed by atoms with Gasteiger partial charge in [-0.25, -0.2) is 18.0 Å². The van der Waals surface area contributed by atoms with Gasteiger partial charge in [0, 0.05) is 13.1 Å². The van der Waals surface area contributed by atoms with Gasteiger partial charge >= 0.3 is 11.9 Å². The zero-order valence-corrected chi connectivity index (χ0v) is 18.4. The van der Waals surface area contributed by atoms with Gasteiger partial charge in [0.05, 0.1) is 24.2 Å². The molecule has 3 atom stereocenters. The second kappa shape index (κ2) is 11.1. The van der Waals surface area contributed by atoms with Crippen molar-refractivity contribution < 1.29 is 41.9 Å². The van der Waals surface area contributed by atoms with E-state index >= 15 is 0 Å². The number of carbonyl (C=O) groups excluding carboxylic acids is 2. The van der Waals surface area contributed by atoms with Crippen molar-refractivity contribution in [2.45, 2.75) is 30.1 Å². The number of hydrogen-bond acceptors (Lipinski definition) is 10. The molecule has 0 spiro atoms. The predicted molar refractivity (Wildman–Crippen MR) is 109 cm³/mol. The first-order valence-electron chi connectivity index (χ1n) is 9.52. The van der Waals surface area contributed by atoms with Crippen LogP contribution in [0.25, 0.3) is 0 Å². The Morgan fingerprint density at radius 1 is 1.34 bits per heavy atom. The molecule has 1 fully saturated rings. The summed E-state index contributed by atoms with van der Waals surface area (Å²) in [5.41, 5.74) is -0.607. The molecule has 0 unspecified atom stereocenters. The second-order valence-electron chi connectivity index (χ2n) is 6.57. The molecular formula is C19H24N2O10S. The highest BCUT2D eigenvalue weighted by Gasteiger charge is 2.49. The lowest BCUT2D eigenvalue weighted by Gasteiger charge is -2.28. The standard InChI is InChI=1S/C19H24N2O10S/c1-4-10-29-19(23)18-17(31-12-16(22)28-5-2)14(11-30-18)20(3)32(26,27)15-9-7-6-8-13(15)21(24)25/h4,6-9,14,17-18H,1,5,10-12H2,2-3H3/t14-,17+,18+/m0/s1. The summed E-state index contributed by atoms with van der Waals surface area (Å²) in [5.74, 6) is -1.56. The Kier molecular flexibility index (Phi) is 8.83. The third-order valence-corrected chi connectivity index (χ3v) is 6.51. The maximum Gasteiger partial charge on any atom is 0.338 e. The lowest BCUT2D eigenvalue weighted by molar-refractivity contribution is -0.387. The number of sulfonamides is 1. The molecule has 32 heavy (non-hydrogen) atoms. The smallest absolute Gasteiger partial charge is 0.338 e. The molecule has 12 nitrogen and oxygen atoms in total. The third kappa shape index (κ3) is 5.68. The summed E-state index contributed by atoms with van der Waals surface area (Å²) < 4.78 is 47.9. The average Bonchev–Trinajstić information content (AvgIpc) is 3.19. The van der Waals surface area contributed by atoms with Gasteiger partial charge in [-0.2, -0.15) is 4.31 Å². The van der Waals surface area contributed by atoms with Crippen LogP contribution in [0.3, 0.4) is 0 Å². The molecule has 0 N–H and O–H groups in total. The van der Waals surface area contributed by atoms with Crippen LogP contribution < -0.4 is 0 Å². The van der Waals surface area contributed by atoms with Crippen LogP contribution in [0.15, 0.2) is 41.8 Å². The first-order valence-corrected chi connectivity index (χ1v) is 11.0. The molecule has 1 aromatic rings. The van der Waals surface area contributed by atoms with Crippen molar-refractivity contribution in [2.24, 2.45) is 0 Å². The Morgan fingerprint density at radius 2 is 2.03 bits per heavy atom. The van der Waals surface area contributed by atoms with Crippen molar-refractivity contribution in [3.63, 3.8) is 0 Å². The first-order chi connectivity index (χ1) is 15.1. The van der Waals surface area contributed by atoms with E-state index in [-0.39, 0.29) is 19.8 Å². The number of esters is 2. The van der Waals surface area contributed by atoms with E-state index in [0.717, 1.165) is 16.4 Å². The lowest BCUT2D eigenvalue weighted by Crippen LogP contribution is -2.49. The van der Waals surface area contributed by atoms with E-state index < -0.39 is 62.3 Å². The lowest BCUT2D eigenvalue weighted by atomic mass is 10.1. The van der Waals surface area contributed by atoms with Crippen LogP contribution in [-0.2, 0) is 38.6 Å². The van der Waals surface area contributed by atoms with Gasteiger partial charge in [-0.3, -0.25) is 10.1 Å². The minimum absolute atomic E-state index is 0.101. The van der Waals surface area contributed by atoms with E-state index in [1.165, 1.54) is 25.3 Å². The number of para-hydroxylation sites is 1.